The number of halogens is 1. The Kier molecular flexibility index (Phi) is 4.46. The topological polar surface area (TPSA) is 68.0 Å². The van der Waals surface area contributed by atoms with Gasteiger partial charge in [-0.15, -0.1) is 0 Å². The molecular formula is C15H18BrN3O2. The van der Waals surface area contributed by atoms with Gasteiger partial charge in [-0.2, -0.15) is 4.98 Å². The molecule has 0 aliphatic carbocycles. The molecule has 1 aromatic heterocycles. The van der Waals surface area contributed by atoms with Crippen LogP contribution in [0.1, 0.15) is 48.4 Å². The molecule has 0 aliphatic heterocycles. The minimum absolute atomic E-state index is 0.00492. The van der Waals surface area contributed by atoms with Crippen LogP contribution in [0.3, 0.4) is 0 Å². The predicted molar refractivity (Wildman–Crippen MR) is 83.0 cm³/mol. The lowest BCUT2D eigenvalue weighted by Gasteiger charge is -2.10. The van der Waals surface area contributed by atoms with Crippen molar-refractivity contribution in [3.8, 4) is 0 Å². The van der Waals surface area contributed by atoms with Crippen LogP contribution in [-0.4, -0.2) is 16.0 Å². The minimum atomic E-state index is -0.361. The van der Waals surface area contributed by atoms with Crippen LogP contribution >= 0.6 is 15.9 Å². The highest BCUT2D eigenvalue weighted by Crippen LogP contribution is 2.18. The molecule has 0 unspecified atom stereocenters. The molecule has 2 rings (SSSR count). The average molecular weight is 352 g/mol. The summed E-state index contributed by atoms with van der Waals surface area (Å²) in [4.78, 5) is 16.2. The number of benzene rings is 1. The second kappa shape index (κ2) is 5.97. The third kappa shape index (κ3) is 3.91. The Morgan fingerprint density at radius 1 is 1.38 bits per heavy atom. The molecule has 0 radical (unpaired) electrons. The van der Waals surface area contributed by atoms with Gasteiger partial charge in [0.05, 0.1) is 0 Å². The summed E-state index contributed by atoms with van der Waals surface area (Å²) in [6.07, 6.45) is 0. The second-order valence-electron chi connectivity index (χ2n) is 5.93. The Balaban J connectivity index is 2.03. The van der Waals surface area contributed by atoms with E-state index in [1.807, 2.05) is 45.9 Å². The highest BCUT2D eigenvalue weighted by Gasteiger charge is 2.23. The van der Waals surface area contributed by atoms with Gasteiger partial charge in [0.1, 0.15) is 0 Å². The number of aryl methyl sites for hydroxylation is 1. The number of carbonyl (C=O) groups excluding carboxylic acids is 1. The summed E-state index contributed by atoms with van der Waals surface area (Å²) in [5, 5.41) is 6.63. The van der Waals surface area contributed by atoms with Gasteiger partial charge >= 0.3 is 11.8 Å². The van der Waals surface area contributed by atoms with Crippen LogP contribution in [0.2, 0.25) is 0 Å². The van der Waals surface area contributed by atoms with E-state index in [1.54, 1.807) is 0 Å². The maximum Gasteiger partial charge on any atom is 0.315 e. The van der Waals surface area contributed by atoms with Crippen molar-refractivity contribution in [2.75, 3.05) is 0 Å². The molecule has 112 valence electrons. The van der Waals surface area contributed by atoms with E-state index < -0.39 is 0 Å². The molecule has 0 saturated heterocycles. The molecule has 1 aromatic carbocycles. The Morgan fingerprint density at radius 3 is 2.67 bits per heavy atom. The Labute approximate surface area is 132 Å². The third-order valence-corrected chi connectivity index (χ3v) is 3.53. The first-order valence-corrected chi connectivity index (χ1v) is 7.44. The standard InChI is InChI=1S/C15H18BrN3O2/c1-9-7-11(16)6-5-10(9)8-17-12(20)13-18-14(19-21-13)15(2,3)4/h5-7H,8H2,1-4H3,(H,17,20). The lowest BCUT2D eigenvalue weighted by molar-refractivity contribution is 0.0907. The van der Waals surface area contributed by atoms with E-state index in [9.17, 15) is 4.79 Å². The summed E-state index contributed by atoms with van der Waals surface area (Å²) >= 11 is 3.41. The molecule has 0 fully saturated rings. The summed E-state index contributed by atoms with van der Waals surface area (Å²) in [6.45, 7) is 8.31. The highest BCUT2D eigenvalue weighted by molar-refractivity contribution is 9.10. The number of aromatic nitrogens is 2. The minimum Gasteiger partial charge on any atom is -0.344 e. The molecule has 0 spiro atoms. The number of nitrogens with zero attached hydrogens (tertiary/aromatic N) is 2. The van der Waals surface area contributed by atoms with Crippen LogP contribution in [0.15, 0.2) is 27.2 Å². The molecule has 0 saturated carbocycles. The van der Waals surface area contributed by atoms with Crippen molar-refractivity contribution < 1.29 is 9.32 Å². The zero-order chi connectivity index (χ0) is 15.6. The first-order valence-electron chi connectivity index (χ1n) is 6.65. The lowest BCUT2D eigenvalue weighted by atomic mass is 9.96. The van der Waals surface area contributed by atoms with Gasteiger partial charge in [0, 0.05) is 16.4 Å². The number of amides is 1. The molecule has 0 atom stereocenters. The van der Waals surface area contributed by atoms with Crippen LogP contribution in [0.5, 0.6) is 0 Å². The van der Waals surface area contributed by atoms with E-state index in [0.29, 0.717) is 12.4 Å². The molecule has 1 N–H and O–H groups in total. The largest absolute Gasteiger partial charge is 0.344 e. The van der Waals surface area contributed by atoms with Crippen molar-refractivity contribution in [1.29, 1.82) is 0 Å². The first-order chi connectivity index (χ1) is 9.77. The van der Waals surface area contributed by atoms with Crippen molar-refractivity contribution in [3.63, 3.8) is 0 Å². The fraction of sp³-hybridized carbons (Fsp3) is 0.400. The van der Waals surface area contributed by atoms with Crippen molar-refractivity contribution in [2.24, 2.45) is 0 Å². The molecule has 1 amide bonds. The number of rotatable bonds is 3. The summed E-state index contributed by atoms with van der Waals surface area (Å²) < 4.78 is 6.03. The first kappa shape index (κ1) is 15.7. The van der Waals surface area contributed by atoms with Crippen LogP contribution in [0.25, 0.3) is 0 Å². The highest BCUT2D eigenvalue weighted by atomic mass is 79.9. The zero-order valence-electron chi connectivity index (χ0n) is 12.5. The summed E-state index contributed by atoms with van der Waals surface area (Å²) in [5.74, 6) is 0.155. The van der Waals surface area contributed by atoms with E-state index in [-0.39, 0.29) is 17.2 Å². The quantitative estimate of drug-likeness (QED) is 0.920. The number of carbonyl (C=O) groups is 1. The van der Waals surface area contributed by atoms with Crippen molar-refractivity contribution in [1.82, 2.24) is 15.5 Å². The molecule has 2 aromatic rings. The van der Waals surface area contributed by atoms with Crippen molar-refractivity contribution >= 4 is 21.8 Å². The average Bonchev–Trinajstić information content (AvgIpc) is 2.87. The normalized spacial score (nSPS) is 11.5. The fourth-order valence-electron chi connectivity index (χ4n) is 1.73. The van der Waals surface area contributed by atoms with Gasteiger partial charge in [-0.3, -0.25) is 4.79 Å². The molecule has 0 aliphatic rings. The van der Waals surface area contributed by atoms with Crippen molar-refractivity contribution in [3.05, 3.63) is 45.5 Å². The van der Waals surface area contributed by atoms with E-state index in [2.05, 4.69) is 31.4 Å². The zero-order valence-corrected chi connectivity index (χ0v) is 14.1. The molecule has 5 nitrogen and oxygen atoms in total. The maximum absolute atomic E-state index is 12.0. The van der Waals surface area contributed by atoms with Crippen LogP contribution in [0.4, 0.5) is 0 Å². The molecule has 0 bridgehead atoms. The number of hydrogen-bond acceptors (Lipinski definition) is 4. The van der Waals surface area contributed by atoms with Gasteiger partial charge in [-0.1, -0.05) is 47.9 Å². The predicted octanol–water partition coefficient (Wildman–Crippen LogP) is 3.37. The summed E-state index contributed by atoms with van der Waals surface area (Å²) in [5.41, 5.74) is 1.90. The van der Waals surface area contributed by atoms with Crippen LogP contribution < -0.4 is 5.32 Å². The van der Waals surface area contributed by atoms with Crippen molar-refractivity contribution in [2.45, 2.75) is 39.7 Å². The Morgan fingerprint density at radius 2 is 2.10 bits per heavy atom. The Hall–Kier alpha value is -1.69. The van der Waals surface area contributed by atoms with Crippen LogP contribution in [0, 0.1) is 6.92 Å². The van der Waals surface area contributed by atoms with Gasteiger partial charge < -0.3 is 9.84 Å². The van der Waals surface area contributed by atoms with E-state index >= 15 is 0 Å². The smallest absolute Gasteiger partial charge is 0.315 e. The molecule has 6 heteroatoms. The monoisotopic (exact) mass is 351 g/mol. The second-order valence-corrected chi connectivity index (χ2v) is 6.84. The van der Waals surface area contributed by atoms with Gasteiger partial charge in [-0.25, -0.2) is 0 Å². The lowest BCUT2D eigenvalue weighted by Crippen LogP contribution is -2.24. The van der Waals surface area contributed by atoms with Gasteiger partial charge in [0.15, 0.2) is 5.82 Å². The van der Waals surface area contributed by atoms with E-state index in [0.717, 1.165) is 15.6 Å². The molecule has 21 heavy (non-hydrogen) atoms. The third-order valence-electron chi connectivity index (χ3n) is 3.04. The Bertz CT molecular complexity index is 659. The van der Waals surface area contributed by atoms with Crippen LogP contribution in [-0.2, 0) is 12.0 Å². The SMILES string of the molecule is Cc1cc(Br)ccc1CNC(=O)c1nc(C(C)(C)C)no1. The number of hydrogen-bond donors (Lipinski definition) is 1. The van der Waals surface area contributed by atoms with Gasteiger partial charge in [-0.05, 0) is 30.2 Å². The number of nitrogens with one attached hydrogen (secondary N) is 1. The van der Waals surface area contributed by atoms with Gasteiger partial charge in [0.2, 0.25) is 0 Å². The van der Waals surface area contributed by atoms with E-state index in [4.69, 9.17) is 4.52 Å². The summed E-state index contributed by atoms with van der Waals surface area (Å²) in [6, 6.07) is 5.92. The molecule has 1 heterocycles. The van der Waals surface area contributed by atoms with Gasteiger partial charge in [0.25, 0.3) is 0 Å². The molecular weight excluding hydrogens is 334 g/mol. The summed E-state index contributed by atoms with van der Waals surface area (Å²) in [7, 11) is 0. The fourth-order valence-corrected chi connectivity index (χ4v) is 2.20. The maximum atomic E-state index is 12.0. The van der Waals surface area contributed by atoms with E-state index in [1.165, 1.54) is 0 Å².